The Morgan fingerprint density at radius 2 is 2.06 bits per heavy atom. The number of aromatic nitrogens is 2. The molecular formula is C15H27N3. The van der Waals surface area contributed by atoms with E-state index in [0.29, 0.717) is 0 Å². The lowest BCUT2D eigenvalue weighted by atomic mass is 9.84. The number of nitrogens with zero attached hydrogens (tertiary/aromatic N) is 2. The van der Waals surface area contributed by atoms with E-state index in [4.69, 9.17) is 0 Å². The van der Waals surface area contributed by atoms with Gasteiger partial charge in [-0.1, -0.05) is 13.0 Å². The Labute approximate surface area is 111 Å². The zero-order chi connectivity index (χ0) is 13.8. The van der Waals surface area contributed by atoms with Gasteiger partial charge in [0.15, 0.2) is 0 Å². The quantitative estimate of drug-likeness (QED) is 0.786. The van der Waals surface area contributed by atoms with Crippen molar-refractivity contribution in [3.05, 3.63) is 30.6 Å². The van der Waals surface area contributed by atoms with Gasteiger partial charge in [-0.3, -0.25) is 4.68 Å². The van der Waals surface area contributed by atoms with Crippen molar-refractivity contribution in [1.82, 2.24) is 15.1 Å². The SMILES string of the molecule is C=CC(C)(CCc1cnn(C)c1)CNC(C)(C)C. The molecule has 1 heterocycles. The molecule has 0 amide bonds. The van der Waals surface area contributed by atoms with Gasteiger partial charge in [0, 0.05) is 25.3 Å². The van der Waals surface area contributed by atoms with Gasteiger partial charge in [-0.25, -0.2) is 0 Å². The zero-order valence-electron chi connectivity index (χ0n) is 12.5. The van der Waals surface area contributed by atoms with Gasteiger partial charge in [0.2, 0.25) is 0 Å². The van der Waals surface area contributed by atoms with E-state index < -0.39 is 0 Å². The fourth-order valence-electron chi connectivity index (χ4n) is 1.76. The first kappa shape index (κ1) is 15.0. The first-order valence-corrected chi connectivity index (χ1v) is 6.60. The molecule has 0 aromatic carbocycles. The number of hydrogen-bond acceptors (Lipinski definition) is 2. The molecule has 0 fully saturated rings. The molecule has 1 unspecified atom stereocenters. The highest BCUT2D eigenvalue weighted by molar-refractivity contribution is 5.06. The Hall–Kier alpha value is -1.09. The number of nitrogens with one attached hydrogen (secondary N) is 1. The summed E-state index contributed by atoms with van der Waals surface area (Å²) in [7, 11) is 1.96. The van der Waals surface area contributed by atoms with Crippen molar-refractivity contribution in [1.29, 1.82) is 0 Å². The fourth-order valence-corrected chi connectivity index (χ4v) is 1.76. The van der Waals surface area contributed by atoms with Crippen LogP contribution in [0, 0.1) is 5.41 Å². The van der Waals surface area contributed by atoms with Crippen LogP contribution in [0.25, 0.3) is 0 Å². The molecule has 18 heavy (non-hydrogen) atoms. The van der Waals surface area contributed by atoms with Crippen LogP contribution in [0.2, 0.25) is 0 Å². The molecule has 0 aliphatic heterocycles. The van der Waals surface area contributed by atoms with E-state index in [9.17, 15) is 0 Å². The van der Waals surface area contributed by atoms with Crippen LogP contribution in [0.1, 0.15) is 39.7 Å². The summed E-state index contributed by atoms with van der Waals surface area (Å²) < 4.78 is 1.86. The van der Waals surface area contributed by atoms with Gasteiger partial charge < -0.3 is 5.32 Å². The van der Waals surface area contributed by atoms with E-state index in [0.717, 1.165) is 19.4 Å². The summed E-state index contributed by atoms with van der Waals surface area (Å²) >= 11 is 0. The van der Waals surface area contributed by atoms with E-state index >= 15 is 0 Å². The summed E-state index contributed by atoms with van der Waals surface area (Å²) in [6.07, 6.45) is 8.23. The van der Waals surface area contributed by atoms with Crippen molar-refractivity contribution < 1.29 is 0 Å². The van der Waals surface area contributed by atoms with Crippen molar-refractivity contribution in [2.24, 2.45) is 12.5 Å². The van der Waals surface area contributed by atoms with Crippen LogP contribution in [0.15, 0.2) is 25.0 Å². The summed E-state index contributed by atoms with van der Waals surface area (Å²) in [6.45, 7) is 13.8. The maximum absolute atomic E-state index is 4.20. The van der Waals surface area contributed by atoms with Crippen LogP contribution in [0.5, 0.6) is 0 Å². The third-order valence-electron chi connectivity index (χ3n) is 3.26. The van der Waals surface area contributed by atoms with E-state index in [2.05, 4.69) is 57.0 Å². The standard InChI is InChI=1S/C15H27N3/c1-7-15(5,12-16-14(2,3)4)9-8-13-10-17-18(6)11-13/h7,10-11,16H,1,8-9,12H2,2-6H3. The Bertz CT molecular complexity index is 387. The summed E-state index contributed by atoms with van der Waals surface area (Å²) in [5, 5.41) is 7.77. The lowest BCUT2D eigenvalue weighted by Gasteiger charge is -2.31. The molecule has 0 saturated carbocycles. The molecular weight excluding hydrogens is 222 g/mol. The molecule has 0 bridgehead atoms. The van der Waals surface area contributed by atoms with Crippen LogP contribution >= 0.6 is 0 Å². The Morgan fingerprint density at radius 3 is 2.50 bits per heavy atom. The zero-order valence-corrected chi connectivity index (χ0v) is 12.5. The maximum atomic E-state index is 4.20. The van der Waals surface area contributed by atoms with Crippen molar-refractivity contribution in [2.75, 3.05) is 6.54 Å². The average molecular weight is 249 g/mol. The third kappa shape index (κ3) is 5.05. The number of rotatable bonds is 6. The largest absolute Gasteiger partial charge is 0.311 e. The van der Waals surface area contributed by atoms with E-state index in [1.54, 1.807) is 0 Å². The molecule has 0 radical (unpaired) electrons. The minimum atomic E-state index is 0.128. The third-order valence-corrected chi connectivity index (χ3v) is 3.26. The number of hydrogen-bond donors (Lipinski definition) is 1. The second-order valence-electron chi connectivity index (χ2n) is 6.48. The Morgan fingerprint density at radius 1 is 1.39 bits per heavy atom. The molecule has 3 nitrogen and oxygen atoms in total. The minimum absolute atomic E-state index is 0.128. The van der Waals surface area contributed by atoms with Gasteiger partial charge in [-0.15, -0.1) is 6.58 Å². The normalized spacial score (nSPS) is 15.4. The van der Waals surface area contributed by atoms with Crippen LogP contribution in [-0.4, -0.2) is 21.9 Å². The predicted octanol–water partition coefficient (Wildman–Crippen LogP) is 2.93. The molecule has 1 N–H and O–H groups in total. The maximum Gasteiger partial charge on any atom is 0.0521 e. The van der Waals surface area contributed by atoms with Gasteiger partial charge >= 0.3 is 0 Å². The van der Waals surface area contributed by atoms with Crippen molar-refractivity contribution in [3.8, 4) is 0 Å². The summed E-state index contributed by atoms with van der Waals surface area (Å²) in [4.78, 5) is 0. The van der Waals surface area contributed by atoms with Gasteiger partial charge in [0.25, 0.3) is 0 Å². The van der Waals surface area contributed by atoms with Gasteiger partial charge in [0.1, 0.15) is 0 Å². The number of aryl methyl sites for hydroxylation is 2. The first-order chi connectivity index (χ1) is 8.24. The highest BCUT2D eigenvalue weighted by Gasteiger charge is 2.22. The highest BCUT2D eigenvalue weighted by Crippen LogP contribution is 2.25. The van der Waals surface area contributed by atoms with Crippen LogP contribution in [0.3, 0.4) is 0 Å². The molecule has 1 rings (SSSR count). The van der Waals surface area contributed by atoms with Gasteiger partial charge in [-0.2, -0.15) is 5.10 Å². The van der Waals surface area contributed by atoms with Gasteiger partial charge in [-0.05, 0) is 44.6 Å². The molecule has 102 valence electrons. The summed E-state index contributed by atoms with van der Waals surface area (Å²) in [5.74, 6) is 0. The molecule has 3 heteroatoms. The molecule has 0 spiro atoms. The summed E-state index contributed by atoms with van der Waals surface area (Å²) in [5.41, 5.74) is 1.57. The van der Waals surface area contributed by atoms with Crippen LogP contribution < -0.4 is 5.32 Å². The van der Waals surface area contributed by atoms with Gasteiger partial charge in [0.05, 0.1) is 6.20 Å². The molecule has 0 aliphatic rings. The van der Waals surface area contributed by atoms with Crippen molar-refractivity contribution in [3.63, 3.8) is 0 Å². The Balaban J connectivity index is 2.52. The smallest absolute Gasteiger partial charge is 0.0521 e. The second kappa shape index (κ2) is 5.70. The van der Waals surface area contributed by atoms with Crippen LogP contribution in [-0.2, 0) is 13.5 Å². The van der Waals surface area contributed by atoms with E-state index in [1.165, 1.54) is 5.56 Å². The lowest BCUT2D eigenvalue weighted by Crippen LogP contribution is -2.42. The highest BCUT2D eigenvalue weighted by atomic mass is 15.2. The predicted molar refractivity (Wildman–Crippen MR) is 77.6 cm³/mol. The fraction of sp³-hybridized carbons (Fsp3) is 0.667. The van der Waals surface area contributed by atoms with Crippen molar-refractivity contribution >= 4 is 0 Å². The van der Waals surface area contributed by atoms with E-state index in [1.807, 2.05) is 17.9 Å². The average Bonchev–Trinajstić information content (AvgIpc) is 2.69. The first-order valence-electron chi connectivity index (χ1n) is 6.60. The van der Waals surface area contributed by atoms with Crippen LogP contribution in [0.4, 0.5) is 0 Å². The lowest BCUT2D eigenvalue weighted by molar-refractivity contribution is 0.308. The monoisotopic (exact) mass is 249 g/mol. The van der Waals surface area contributed by atoms with Crippen molar-refractivity contribution in [2.45, 2.75) is 46.1 Å². The molecule has 0 aliphatic carbocycles. The molecule has 1 aromatic rings. The second-order valence-corrected chi connectivity index (χ2v) is 6.48. The van der Waals surface area contributed by atoms with E-state index in [-0.39, 0.29) is 11.0 Å². The molecule has 0 saturated heterocycles. The minimum Gasteiger partial charge on any atom is -0.311 e. The summed E-state index contributed by atoms with van der Waals surface area (Å²) in [6, 6.07) is 0. The molecule has 1 aromatic heterocycles. The topological polar surface area (TPSA) is 29.9 Å². The molecule has 1 atom stereocenters. The Kier molecular flexibility index (Phi) is 4.74.